The minimum Gasteiger partial charge on any atom is -0.227 e. The van der Waals surface area contributed by atoms with Gasteiger partial charge >= 0.3 is 0 Å². The molecule has 0 bridgehead atoms. The maximum Gasteiger partial charge on any atom is 0.161 e. The molecule has 0 spiro atoms. The highest BCUT2D eigenvalue weighted by atomic mass is 79.9. The molecule has 0 amide bonds. The maximum absolute atomic E-state index is 4.97. The van der Waals surface area contributed by atoms with Crippen molar-refractivity contribution in [2.45, 2.75) is 0 Å². The summed E-state index contributed by atoms with van der Waals surface area (Å²) >= 11 is 5.22. The first kappa shape index (κ1) is 15.7. The summed E-state index contributed by atoms with van der Waals surface area (Å²) < 4.78 is 2.29. The number of fused-ring (bicyclic) bond motifs is 3. The molecule has 0 aliphatic heterocycles. The molecule has 0 saturated heterocycles. The predicted molar refractivity (Wildman–Crippen MR) is 113 cm³/mol. The Labute approximate surface area is 163 Å². The minimum absolute atomic E-state index is 0.760. The van der Waals surface area contributed by atoms with Crippen molar-refractivity contribution >= 4 is 47.6 Å². The zero-order chi connectivity index (χ0) is 17.5. The summed E-state index contributed by atoms with van der Waals surface area (Å²) in [6.07, 6.45) is 0. The van der Waals surface area contributed by atoms with E-state index in [0.717, 1.165) is 37.3 Å². The highest BCUT2D eigenvalue weighted by Gasteiger charge is 2.16. The summed E-state index contributed by atoms with van der Waals surface area (Å²) in [6, 6.07) is 27.0. The van der Waals surface area contributed by atoms with Crippen molar-refractivity contribution in [3.05, 3.63) is 83.3 Å². The van der Waals surface area contributed by atoms with E-state index in [2.05, 4.69) is 64.5 Å². The van der Waals surface area contributed by atoms with E-state index in [-0.39, 0.29) is 0 Å². The topological polar surface area (TPSA) is 25.8 Å². The number of rotatable bonds is 2. The van der Waals surface area contributed by atoms with Gasteiger partial charge in [0, 0.05) is 31.1 Å². The molecule has 2 heterocycles. The van der Waals surface area contributed by atoms with Crippen LogP contribution in [0.1, 0.15) is 0 Å². The lowest BCUT2D eigenvalue weighted by atomic mass is 10.1. The fraction of sp³-hybridized carbons (Fsp3) is 0. The second-order valence-electron chi connectivity index (χ2n) is 6.05. The van der Waals surface area contributed by atoms with Crippen LogP contribution in [0.5, 0.6) is 0 Å². The molecule has 0 aliphatic carbocycles. The molecule has 0 saturated carbocycles. The summed E-state index contributed by atoms with van der Waals surface area (Å²) in [5, 5.41) is 2.35. The second-order valence-corrected chi connectivity index (χ2v) is 7.99. The SMILES string of the molecule is Brc1ccc(-c2nc(-c3ccccc3)c3c(n2)sc2ccccc23)cc1. The van der Waals surface area contributed by atoms with Gasteiger partial charge in [0.15, 0.2) is 5.82 Å². The van der Waals surface area contributed by atoms with E-state index in [1.807, 2.05) is 30.3 Å². The third-order valence-electron chi connectivity index (χ3n) is 4.39. The third kappa shape index (κ3) is 2.62. The molecule has 2 aromatic heterocycles. The van der Waals surface area contributed by atoms with Crippen LogP contribution in [-0.2, 0) is 0 Å². The Balaban J connectivity index is 1.87. The van der Waals surface area contributed by atoms with Gasteiger partial charge in [0.1, 0.15) is 4.83 Å². The van der Waals surface area contributed by atoms with Crippen molar-refractivity contribution in [3.63, 3.8) is 0 Å². The molecular weight excluding hydrogens is 404 g/mol. The van der Waals surface area contributed by atoms with Crippen LogP contribution in [0.3, 0.4) is 0 Å². The van der Waals surface area contributed by atoms with Gasteiger partial charge in [0.25, 0.3) is 0 Å². The van der Waals surface area contributed by atoms with E-state index < -0.39 is 0 Å². The molecule has 5 aromatic rings. The monoisotopic (exact) mass is 416 g/mol. The van der Waals surface area contributed by atoms with Crippen LogP contribution in [-0.4, -0.2) is 9.97 Å². The highest BCUT2D eigenvalue weighted by molar-refractivity contribution is 9.10. The number of hydrogen-bond acceptors (Lipinski definition) is 3. The summed E-state index contributed by atoms with van der Waals surface area (Å²) in [6.45, 7) is 0. The number of benzene rings is 3. The van der Waals surface area contributed by atoms with Crippen molar-refractivity contribution in [3.8, 4) is 22.6 Å². The van der Waals surface area contributed by atoms with E-state index in [9.17, 15) is 0 Å². The van der Waals surface area contributed by atoms with E-state index in [0.29, 0.717) is 0 Å². The molecule has 0 radical (unpaired) electrons. The number of nitrogens with zero attached hydrogens (tertiary/aromatic N) is 2. The molecule has 0 N–H and O–H groups in total. The van der Waals surface area contributed by atoms with Crippen molar-refractivity contribution < 1.29 is 0 Å². The zero-order valence-electron chi connectivity index (χ0n) is 13.7. The Hall–Kier alpha value is -2.56. The number of aromatic nitrogens is 2. The number of hydrogen-bond donors (Lipinski definition) is 0. The quantitative estimate of drug-likeness (QED) is 0.311. The van der Waals surface area contributed by atoms with Crippen molar-refractivity contribution in [1.29, 1.82) is 0 Å². The molecule has 5 rings (SSSR count). The van der Waals surface area contributed by atoms with Gasteiger partial charge in [-0.15, -0.1) is 11.3 Å². The van der Waals surface area contributed by atoms with Gasteiger partial charge in [-0.1, -0.05) is 76.6 Å². The second kappa shape index (κ2) is 6.31. The molecule has 4 heteroatoms. The summed E-state index contributed by atoms with van der Waals surface area (Å²) in [7, 11) is 0. The molecule has 2 nitrogen and oxygen atoms in total. The van der Waals surface area contributed by atoms with Gasteiger partial charge < -0.3 is 0 Å². The average Bonchev–Trinajstić information content (AvgIpc) is 3.07. The maximum atomic E-state index is 4.97. The Bertz CT molecular complexity index is 1230. The van der Waals surface area contributed by atoms with Crippen molar-refractivity contribution in [1.82, 2.24) is 9.97 Å². The smallest absolute Gasteiger partial charge is 0.161 e. The Morgan fingerprint density at radius 3 is 2.23 bits per heavy atom. The normalized spacial score (nSPS) is 11.3. The van der Waals surface area contributed by atoms with E-state index in [1.54, 1.807) is 11.3 Å². The molecule has 0 unspecified atom stereocenters. The van der Waals surface area contributed by atoms with Crippen LogP contribution in [0.15, 0.2) is 83.3 Å². The van der Waals surface area contributed by atoms with Crippen LogP contribution in [0.4, 0.5) is 0 Å². The number of halogens is 1. The van der Waals surface area contributed by atoms with Gasteiger partial charge in [0.05, 0.1) is 5.69 Å². The molecular formula is C22H13BrN2S. The fourth-order valence-corrected chi connectivity index (χ4v) is 4.50. The minimum atomic E-state index is 0.760. The van der Waals surface area contributed by atoms with E-state index >= 15 is 0 Å². The Kier molecular flexibility index (Phi) is 3.80. The molecule has 26 heavy (non-hydrogen) atoms. The van der Waals surface area contributed by atoms with Crippen LogP contribution < -0.4 is 0 Å². The molecule has 3 aromatic carbocycles. The zero-order valence-corrected chi connectivity index (χ0v) is 16.1. The van der Waals surface area contributed by atoms with Crippen molar-refractivity contribution in [2.24, 2.45) is 0 Å². The molecule has 124 valence electrons. The summed E-state index contributed by atoms with van der Waals surface area (Å²) in [5.74, 6) is 0.760. The van der Waals surface area contributed by atoms with Gasteiger partial charge in [-0.25, -0.2) is 9.97 Å². The molecule has 0 fully saturated rings. The Morgan fingerprint density at radius 2 is 1.42 bits per heavy atom. The third-order valence-corrected chi connectivity index (χ3v) is 5.98. The van der Waals surface area contributed by atoms with Crippen LogP contribution in [0, 0.1) is 0 Å². The Morgan fingerprint density at radius 1 is 0.692 bits per heavy atom. The molecule has 0 aliphatic rings. The van der Waals surface area contributed by atoms with Crippen molar-refractivity contribution in [2.75, 3.05) is 0 Å². The van der Waals surface area contributed by atoms with Gasteiger partial charge in [-0.2, -0.15) is 0 Å². The van der Waals surface area contributed by atoms with Crippen LogP contribution in [0.2, 0.25) is 0 Å². The summed E-state index contributed by atoms with van der Waals surface area (Å²) in [5.41, 5.74) is 3.12. The first-order valence-electron chi connectivity index (χ1n) is 8.30. The average molecular weight is 417 g/mol. The first-order chi connectivity index (χ1) is 12.8. The predicted octanol–water partition coefficient (Wildman–Crippen LogP) is 6.94. The van der Waals surface area contributed by atoms with E-state index in [4.69, 9.17) is 9.97 Å². The van der Waals surface area contributed by atoms with E-state index in [1.165, 1.54) is 10.1 Å². The lowest BCUT2D eigenvalue weighted by Crippen LogP contribution is -1.93. The number of thiophene rings is 1. The standard InChI is InChI=1S/C22H13BrN2S/c23-16-12-10-15(11-13-16)21-24-20(14-6-2-1-3-7-14)19-17-8-4-5-9-18(17)26-22(19)25-21/h1-13H. The van der Waals surface area contributed by atoms with Gasteiger partial charge in [0.2, 0.25) is 0 Å². The summed E-state index contributed by atoms with van der Waals surface area (Å²) in [4.78, 5) is 10.9. The fourth-order valence-electron chi connectivity index (χ4n) is 3.16. The van der Waals surface area contributed by atoms with Crippen LogP contribution >= 0.6 is 27.3 Å². The van der Waals surface area contributed by atoms with Gasteiger partial charge in [-0.3, -0.25) is 0 Å². The van der Waals surface area contributed by atoms with Crippen LogP contribution in [0.25, 0.3) is 42.9 Å². The first-order valence-corrected chi connectivity index (χ1v) is 9.91. The highest BCUT2D eigenvalue weighted by Crippen LogP contribution is 2.39. The lowest BCUT2D eigenvalue weighted by Gasteiger charge is -2.07. The lowest BCUT2D eigenvalue weighted by molar-refractivity contribution is 1.24. The largest absolute Gasteiger partial charge is 0.227 e. The van der Waals surface area contributed by atoms with Gasteiger partial charge in [-0.05, 0) is 18.2 Å². The molecule has 0 atom stereocenters.